The van der Waals surface area contributed by atoms with Crippen LogP contribution in [0, 0.1) is 11.6 Å². The maximum atomic E-state index is 13.9. The van der Waals surface area contributed by atoms with Crippen LogP contribution < -0.4 is 15.4 Å². The molecule has 4 aromatic carbocycles. The van der Waals surface area contributed by atoms with E-state index in [0.29, 0.717) is 29.2 Å². The Morgan fingerprint density at radius 1 is 0.850 bits per heavy atom. The van der Waals surface area contributed by atoms with Crippen molar-refractivity contribution >= 4 is 5.91 Å². The first-order valence-corrected chi connectivity index (χ1v) is 13.4. The van der Waals surface area contributed by atoms with Crippen molar-refractivity contribution in [2.45, 2.75) is 44.9 Å². The summed E-state index contributed by atoms with van der Waals surface area (Å²) in [6.45, 7) is 2.79. The first-order chi connectivity index (χ1) is 19.4. The lowest BCUT2D eigenvalue weighted by atomic mass is 10.00. The van der Waals surface area contributed by atoms with E-state index in [0.717, 1.165) is 18.1 Å². The molecule has 4 aromatic rings. The fourth-order valence-electron chi connectivity index (χ4n) is 4.53. The van der Waals surface area contributed by atoms with Gasteiger partial charge in [-0.05, 0) is 59.9 Å². The molecule has 0 bridgehead atoms. The van der Waals surface area contributed by atoms with Crippen LogP contribution in [0.4, 0.5) is 8.78 Å². The van der Waals surface area contributed by atoms with Gasteiger partial charge in [0.25, 0.3) is 0 Å². The fourth-order valence-corrected chi connectivity index (χ4v) is 4.53. The smallest absolute Gasteiger partial charge is 0.224 e. The molecular formula is C33H34F2N2O3. The van der Waals surface area contributed by atoms with Gasteiger partial charge in [0, 0.05) is 24.7 Å². The van der Waals surface area contributed by atoms with Gasteiger partial charge in [-0.3, -0.25) is 4.79 Å². The number of hydrogen-bond acceptors (Lipinski definition) is 4. The molecule has 2 atom stereocenters. The minimum Gasteiger partial charge on any atom is -0.457 e. The van der Waals surface area contributed by atoms with Crippen LogP contribution in [0.25, 0.3) is 0 Å². The second-order valence-electron chi connectivity index (χ2n) is 9.73. The molecule has 0 aliphatic heterocycles. The minimum atomic E-state index is -1.01. The SMILES string of the molecule is CCc1cccc(CNCC(O)C(Cc2cc(F)cc(F)c2)NC(=O)Cc2ccccc2Oc2ccccc2)c1. The summed E-state index contributed by atoms with van der Waals surface area (Å²) in [6.07, 6.45) is -0.0353. The summed E-state index contributed by atoms with van der Waals surface area (Å²) in [5.74, 6) is -0.580. The van der Waals surface area contributed by atoms with Gasteiger partial charge in [0.05, 0.1) is 18.6 Å². The maximum absolute atomic E-state index is 13.9. The van der Waals surface area contributed by atoms with Crippen molar-refractivity contribution in [1.82, 2.24) is 10.6 Å². The highest BCUT2D eigenvalue weighted by Gasteiger charge is 2.23. The lowest BCUT2D eigenvalue weighted by Crippen LogP contribution is -2.49. The number of para-hydroxylation sites is 2. The monoisotopic (exact) mass is 544 g/mol. The molecule has 5 nitrogen and oxygen atoms in total. The molecule has 0 aromatic heterocycles. The number of nitrogens with one attached hydrogen (secondary N) is 2. The fraction of sp³-hybridized carbons (Fsp3) is 0.242. The first-order valence-electron chi connectivity index (χ1n) is 13.4. The van der Waals surface area contributed by atoms with Gasteiger partial charge >= 0.3 is 0 Å². The zero-order chi connectivity index (χ0) is 28.3. The van der Waals surface area contributed by atoms with E-state index >= 15 is 0 Å². The Balaban J connectivity index is 1.44. The number of rotatable bonds is 13. The third kappa shape index (κ3) is 8.73. The molecular weight excluding hydrogens is 510 g/mol. The van der Waals surface area contributed by atoms with Crippen molar-refractivity contribution < 1.29 is 23.4 Å². The number of halogens is 2. The summed E-state index contributed by atoms with van der Waals surface area (Å²) in [5.41, 5.74) is 3.30. The van der Waals surface area contributed by atoms with Crippen LogP contribution in [0.3, 0.4) is 0 Å². The summed E-state index contributed by atoms with van der Waals surface area (Å²) in [7, 11) is 0. The molecule has 0 saturated heterocycles. The van der Waals surface area contributed by atoms with Crippen molar-refractivity contribution in [3.8, 4) is 11.5 Å². The van der Waals surface area contributed by atoms with E-state index in [4.69, 9.17) is 4.74 Å². The van der Waals surface area contributed by atoms with E-state index in [9.17, 15) is 18.7 Å². The summed E-state index contributed by atoms with van der Waals surface area (Å²) in [6, 6.07) is 27.1. The van der Waals surface area contributed by atoms with E-state index < -0.39 is 23.8 Å². The number of carbonyl (C=O) groups is 1. The molecule has 2 unspecified atom stereocenters. The van der Waals surface area contributed by atoms with Gasteiger partial charge in [0.1, 0.15) is 23.1 Å². The number of benzene rings is 4. The first kappa shape index (κ1) is 28.9. The Morgan fingerprint density at radius 2 is 1.55 bits per heavy atom. The average molecular weight is 545 g/mol. The van der Waals surface area contributed by atoms with Crippen LogP contribution in [0.5, 0.6) is 11.5 Å². The Morgan fingerprint density at radius 3 is 2.30 bits per heavy atom. The standard InChI is InChI=1S/C33H34F2N2O3/c1-2-23-9-8-10-24(15-23)21-36-22-31(38)30(18-25-16-27(34)20-28(35)17-25)37-33(39)19-26-11-6-7-14-32(26)40-29-12-4-3-5-13-29/h3-17,20,30-31,36,38H,2,18-19,21-22H2,1H3,(H,37,39). The number of aryl methyl sites for hydroxylation is 1. The Hall–Kier alpha value is -4.07. The summed E-state index contributed by atoms with van der Waals surface area (Å²) < 4.78 is 33.8. The summed E-state index contributed by atoms with van der Waals surface area (Å²) in [4.78, 5) is 13.2. The largest absolute Gasteiger partial charge is 0.457 e. The molecule has 0 radical (unpaired) electrons. The van der Waals surface area contributed by atoms with E-state index in [1.54, 1.807) is 12.1 Å². The lowest BCUT2D eigenvalue weighted by Gasteiger charge is -2.25. The Bertz CT molecular complexity index is 1380. The van der Waals surface area contributed by atoms with Gasteiger partial charge in [-0.1, -0.05) is 67.6 Å². The van der Waals surface area contributed by atoms with Crippen LogP contribution in [0.1, 0.15) is 29.2 Å². The Kier molecular flexibility index (Phi) is 10.4. The summed E-state index contributed by atoms with van der Waals surface area (Å²) in [5, 5.41) is 17.2. The molecule has 0 aliphatic carbocycles. The number of amides is 1. The maximum Gasteiger partial charge on any atom is 0.224 e. The van der Waals surface area contributed by atoms with Gasteiger partial charge < -0.3 is 20.5 Å². The molecule has 0 aliphatic rings. The number of aliphatic hydroxyl groups is 1. The van der Waals surface area contributed by atoms with Gasteiger partial charge in [-0.25, -0.2) is 8.78 Å². The highest BCUT2D eigenvalue weighted by atomic mass is 19.1. The molecule has 0 saturated carbocycles. The van der Waals surface area contributed by atoms with Crippen molar-refractivity contribution in [2.75, 3.05) is 6.54 Å². The Labute approximate surface area is 233 Å². The molecule has 7 heteroatoms. The van der Waals surface area contributed by atoms with E-state index in [2.05, 4.69) is 29.7 Å². The number of ether oxygens (including phenoxy) is 1. The van der Waals surface area contributed by atoms with Crippen molar-refractivity contribution in [2.24, 2.45) is 0 Å². The normalized spacial score (nSPS) is 12.5. The zero-order valence-corrected chi connectivity index (χ0v) is 22.4. The third-order valence-electron chi connectivity index (χ3n) is 6.57. The van der Waals surface area contributed by atoms with Gasteiger partial charge in [0.15, 0.2) is 0 Å². The lowest BCUT2D eigenvalue weighted by molar-refractivity contribution is -0.122. The second kappa shape index (κ2) is 14.4. The topological polar surface area (TPSA) is 70.6 Å². The van der Waals surface area contributed by atoms with Crippen LogP contribution in [0.2, 0.25) is 0 Å². The minimum absolute atomic E-state index is 0.000970. The van der Waals surface area contributed by atoms with Gasteiger partial charge in [-0.15, -0.1) is 0 Å². The summed E-state index contributed by atoms with van der Waals surface area (Å²) >= 11 is 0. The number of carbonyl (C=O) groups excluding carboxylic acids is 1. The molecule has 40 heavy (non-hydrogen) atoms. The molecule has 0 heterocycles. The molecule has 1 amide bonds. The van der Waals surface area contributed by atoms with Crippen LogP contribution in [-0.4, -0.2) is 29.7 Å². The molecule has 4 rings (SSSR count). The van der Waals surface area contributed by atoms with E-state index in [-0.39, 0.29) is 25.3 Å². The molecule has 0 spiro atoms. The molecule has 3 N–H and O–H groups in total. The molecule has 0 fully saturated rings. The third-order valence-corrected chi connectivity index (χ3v) is 6.57. The van der Waals surface area contributed by atoms with Gasteiger partial charge in [-0.2, -0.15) is 0 Å². The van der Waals surface area contributed by atoms with E-state index in [1.807, 2.05) is 54.6 Å². The second-order valence-corrected chi connectivity index (χ2v) is 9.73. The zero-order valence-electron chi connectivity index (χ0n) is 22.4. The number of aliphatic hydroxyl groups excluding tert-OH is 1. The van der Waals surface area contributed by atoms with Crippen LogP contribution in [-0.2, 0) is 30.6 Å². The van der Waals surface area contributed by atoms with E-state index in [1.165, 1.54) is 17.7 Å². The van der Waals surface area contributed by atoms with Crippen molar-refractivity contribution in [3.63, 3.8) is 0 Å². The predicted octanol–water partition coefficient (Wildman–Crippen LogP) is 5.74. The number of hydrogen-bond donors (Lipinski definition) is 3. The van der Waals surface area contributed by atoms with Crippen LogP contribution >= 0.6 is 0 Å². The van der Waals surface area contributed by atoms with Crippen molar-refractivity contribution in [3.05, 3.63) is 131 Å². The average Bonchev–Trinajstić information content (AvgIpc) is 2.94. The van der Waals surface area contributed by atoms with Gasteiger partial charge in [0.2, 0.25) is 5.91 Å². The predicted molar refractivity (Wildman–Crippen MR) is 152 cm³/mol. The van der Waals surface area contributed by atoms with Crippen LogP contribution in [0.15, 0.2) is 97.1 Å². The van der Waals surface area contributed by atoms with Crippen molar-refractivity contribution in [1.29, 1.82) is 0 Å². The quantitative estimate of drug-likeness (QED) is 0.201. The molecule has 208 valence electrons. The highest BCUT2D eigenvalue weighted by molar-refractivity contribution is 5.79. The highest BCUT2D eigenvalue weighted by Crippen LogP contribution is 2.25.